The predicted octanol–water partition coefficient (Wildman–Crippen LogP) is 5.44. The van der Waals surface area contributed by atoms with Crippen LogP contribution in [-0.2, 0) is 5.41 Å². The summed E-state index contributed by atoms with van der Waals surface area (Å²) in [4.78, 5) is 0. The van der Waals surface area contributed by atoms with Gasteiger partial charge in [-0.3, -0.25) is 0 Å². The summed E-state index contributed by atoms with van der Waals surface area (Å²) in [5, 5.41) is 0. The first-order chi connectivity index (χ1) is 9.07. The maximum atomic E-state index is 3.98. The summed E-state index contributed by atoms with van der Waals surface area (Å²) in [6.45, 7) is 14.6. The zero-order valence-corrected chi connectivity index (χ0v) is 12.2. The summed E-state index contributed by atoms with van der Waals surface area (Å²) in [6.07, 6.45) is 7.02. The summed E-state index contributed by atoms with van der Waals surface area (Å²) in [7, 11) is 0. The zero-order valence-electron chi connectivity index (χ0n) is 12.2. The fraction of sp³-hybridized carbons (Fsp3) is 0.263. The van der Waals surface area contributed by atoms with E-state index in [1.165, 1.54) is 27.8 Å². The third kappa shape index (κ3) is 2.02. The Balaban J connectivity index is 2.81. The molecule has 0 unspecified atom stereocenters. The molecule has 1 aromatic carbocycles. The van der Waals surface area contributed by atoms with Gasteiger partial charge in [0.05, 0.1) is 0 Å². The molecule has 0 N–H and O–H groups in total. The minimum absolute atomic E-state index is 0.0656. The van der Waals surface area contributed by atoms with Gasteiger partial charge in [0.25, 0.3) is 0 Å². The Hall–Kier alpha value is -1.82. The fourth-order valence-corrected chi connectivity index (χ4v) is 3.14. The maximum absolute atomic E-state index is 3.98. The maximum Gasteiger partial charge on any atom is 0.0155 e. The van der Waals surface area contributed by atoms with E-state index in [4.69, 9.17) is 0 Å². The van der Waals surface area contributed by atoms with Gasteiger partial charge >= 0.3 is 0 Å². The van der Waals surface area contributed by atoms with E-state index in [-0.39, 0.29) is 5.41 Å². The molecule has 0 aromatic heterocycles. The molecular weight excluding hydrogens is 228 g/mol. The molecule has 0 spiro atoms. The molecule has 98 valence electrons. The van der Waals surface area contributed by atoms with Crippen molar-refractivity contribution in [3.05, 3.63) is 77.9 Å². The Morgan fingerprint density at radius 3 is 2.47 bits per heavy atom. The third-order valence-corrected chi connectivity index (χ3v) is 4.03. The number of benzene rings is 1. The number of allylic oxidation sites excluding steroid dienone is 6. The van der Waals surface area contributed by atoms with Crippen molar-refractivity contribution in [2.45, 2.75) is 32.6 Å². The first-order valence-electron chi connectivity index (χ1n) is 6.81. The molecule has 0 nitrogen and oxygen atoms in total. The number of hydrogen-bond donors (Lipinski definition) is 0. The molecule has 0 fully saturated rings. The van der Waals surface area contributed by atoms with Crippen LogP contribution >= 0.6 is 0 Å². The van der Waals surface area contributed by atoms with Crippen LogP contribution in [0.3, 0.4) is 0 Å². The SMILES string of the molecule is C=CC/C(C=C)=C1/C(=C\C)C(C)(C)c2ccccc21. The van der Waals surface area contributed by atoms with Crippen molar-refractivity contribution in [1.82, 2.24) is 0 Å². The zero-order chi connectivity index (χ0) is 14.0. The van der Waals surface area contributed by atoms with Gasteiger partial charge < -0.3 is 0 Å². The molecule has 0 heterocycles. The quantitative estimate of drug-likeness (QED) is 0.627. The smallest absolute Gasteiger partial charge is 0.0155 e. The minimum Gasteiger partial charge on any atom is -0.103 e. The van der Waals surface area contributed by atoms with Crippen LogP contribution < -0.4 is 0 Å². The lowest BCUT2D eigenvalue weighted by atomic mass is 9.81. The predicted molar refractivity (Wildman–Crippen MR) is 85.2 cm³/mol. The molecule has 2 rings (SSSR count). The van der Waals surface area contributed by atoms with E-state index in [9.17, 15) is 0 Å². The second-order valence-electron chi connectivity index (χ2n) is 5.47. The van der Waals surface area contributed by atoms with E-state index in [0.29, 0.717) is 0 Å². The Morgan fingerprint density at radius 1 is 1.21 bits per heavy atom. The molecule has 0 radical (unpaired) electrons. The van der Waals surface area contributed by atoms with Crippen molar-refractivity contribution in [3.8, 4) is 0 Å². The standard InChI is InChI=1S/C19H22/c1-6-11-14(7-2)18-15-12-9-10-13-17(15)19(4,5)16(18)8-3/h6-10,12-13H,1-2,11H2,3-5H3/b16-8+,18-14+. The molecule has 1 aliphatic carbocycles. The van der Waals surface area contributed by atoms with Crippen molar-refractivity contribution in [3.63, 3.8) is 0 Å². The van der Waals surface area contributed by atoms with Gasteiger partial charge in [0.2, 0.25) is 0 Å². The van der Waals surface area contributed by atoms with E-state index >= 15 is 0 Å². The number of fused-ring (bicyclic) bond motifs is 1. The highest BCUT2D eigenvalue weighted by Gasteiger charge is 2.38. The summed E-state index contributed by atoms with van der Waals surface area (Å²) < 4.78 is 0. The average Bonchev–Trinajstić information content (AvgIpc) is 2.64. The molecule has 1 aliphatic rings. The molecular formula is C19H22. The van der Waals surface area contributed by atoms with Crippen LogP contribution in [-0.4, -0.2) is 0 Å². The van der Waals surface area contributed by atoms with Crippen molar-refractivity contribution in [1.29, 1.82) is 0 Å². The van der Waals surface area contributed by atoms with Gasteiger partial charge in [-0.1, -0.05) is 62.9 Å². The second kappa shape index (κ2) is 5.05. The lowest BCUT2D eigenvalue weighted by Gasteiger charge is -2.22. The third-order valence-electron chi connectivity index (χ3n) is 4.03. The van der Waals surface area contributed by atoms with E-state index in [0.717, 1.165) is 6.42 Å². The highest BCUT2D eigenvalue weighted by molar-refractivity contribution is 5.92. The second-order valence-corrected chi connectivity index (χ2v) is 5.47. The normalized spacial score (nSPS) is 21.1. The van der Waals surface area contributed by atoms with Crippen LogP contribution in [0.2, 0.25) is 0 Å². The molecule has 0 saturated heterocycles. The van der Waals surface area contributed by atoms with Crippen molar-refractivity contribution in [2.75, 3.05) is 0 Å². The van der Waals surface area contributed by atoms with E-state index < -0.39 is 0 Å². The Kier molecular flexibility index (Phi) is 3.61. The first kappa shape index (κ1) is 13.6. The number of rotatable bonds is 3. The van der Waals surface area contributed by atoms with Crippen molar-refractivity contribution in [2.24, 2.45) is 0 Å². The van der Waals surface area contributed by atoms with Gasteiger partial charge in [-0.2, -0.15) is 0 Å². The lowest BCUT2D eigenvalue weighted by molar-refractivity contribution is 0.659. The number of hydrogen-bond acceptors (Lipinski definition) is 0. The van der Waals surface area contributed by atoms with Crippen LogP contribution in [0.4, 0.5) is 0 Å². The summed E-state index contributed by atoms with van der Waals surface area (Å²) in [5.41, 5.74) is 6.82. The van der Waals surface area contributed by atoms with Crippen molar-refractivity contribution >= 4 is 5.57 Å². The molecule has 0 saturated carbocycles. The topological polar surface area (TPSA) is 0 Å². The molecule has 1 aromatic rings. The van der Waals surface area contributed by atoms with Gasteiger partial charge in [0.15, 0.2) is 0 Å². The average molecular weight is 250 g/mol. The van der Waals surface area contributed by atoms with Crippen LogP contribution in [0.5, 0.6) is 0 Å². The highest BCUT2D eigenvalue weighted by Crippen LogP contribution is 2.51. The van der Waals surface area contributed by atoms with Crippen LogP contribution in [0.25, 0.3) is 5.57 Å². The van der Waals surface area contributed by atoms with Gasteiger partial charge in [0, 0.05) is 5.41 Å². The highest BCUT2D eigenvalue weighted by atomic mass is 14.4. The monoisotopic (exact) mass is 250 g/mol. The summed E-state index contributed by atoms with van der Waals surface area (Å²) in [5.74, 6) is 0. The van der Waals surface area contributed by atoms with Gasteiger partial charge in [0.1, 0.15) is 0 Å². The largest absolute Gasteiger partial charge is 0.103 e. The summed E-state index contributed by atoms with van der Waals surface area (Å²) in [6, 6.07) is 8.69. The summed E-state index contributed by atoms with van der Waals surface area (Å²) >= 11 is 0. The molecule has 19 heavy (non-hydrogen) atoms. The van der Waals surface area contributed by atoms with E-state index in [2.05, 4.69) is 64.3 Å². The Morgan fingerprint density at radius 2 is 1.89 bits per heavy atom. The molecule has 0 heteroatoms. The van der Waals surface area contributed by atoms with Crippen molar-refractivity contribution < 1.29 is 0 Å². The van der Waals surface area contributed by atoms with Crippen LogP contribution in [0.1, 0.15) is 38.3 Å². The van der Waals surface area contributed by atoms with Gasteiger partial charge in [-0.15, -0.1) is 6.58 Å². The first-order valence-corrected chi connectivity index (χ1v) is 6.81. The van der Waals surface area contributed by atoms with Gasteiger partial charge in [-0.25, -0.2) is 0 Å². The van der Waals surface area contributed by atoms with Gasteiger partial charge in [-0.05, 0) is 41.2 Å². The molecule has 0 bridgehead atoms. The van der Waals surface area contributed by atoms with E-state index in [1.807, 2.05) is 12.2 Å². The van der Waals surface area contributed by atoms with Crippen LogP contribution in [0, 0.1) is 0 Å². The molecule has 0 aliphatic heterocycles. The molecule has 0 amide bonds. The Bertz CT molecular complexity index is 580. The minimum atomic E-state index is 0.0656. The van der Waals surface area contributed by atoms with Crippen LogP contribution in [0.15, 0.2) is 66.8 Å². The Labute approximate surface area is 116 Å². The molecule has 0 atom stereocenters. The van der Waals surface area contributed by atoms with E-state index in [1.54, 1.807) is 0 Å². The fourth-order valence-electron chi connectivity index (χ4n) is 3.14. The lowest BCUT2D eigenvalue weighted by Crippen LogP contribution is -2.15.